The minimum Gasteiger partial charge on any atom is -0.335 e. The molecule has 0 aliphatic carbocycles. The highest BCUT2D eigenvalue weighted by Crippen LogP contribution is 2.18. The molecule has 1 unspecified atom stereocenters. The Bertz CT molecular complexity index is 428. The predicted molar refractivity (Wildman–Crippen MR) is 68.5 cm³/mol. The summed E-state index contributed by atoms with van der Waals surface area (Å²) in [5.41, 5.74) is -0.126. The average Bonchev–Trinajstić information content (AvgIpc) is 2.96. The summed E-state index contributed by atoms with van der Waals surface area (Å²) < 4.78 is 0. The van der Waals surface area contributed by atoms with Gasteiger partial charge >= 0.3 is 0 Å². The maximum atomic E-state index is 12.2. The van der Waals surface area contributed by atoms with Crippen molar-refractivity contribution in [2.45, 2.75) is 38.6 Å². The Hall–Kier alpha value is -1.43. The summed E-state index contributed by atoms with van der Waals surface area (Å²) in [6.45, 7) is 7.91. The summed E-state index contributed by atoms with van der Waals surface area (Å²) >= 11 is 0. The number of amides is 1. The number of H-pyrrole nitrogens is 1. The average molecular weight is 251 g/mol. The van der Waals surface area contributed by atoms with Crippen LogP contribution in [0, 0.1) is 0 Å². The molecule has 0 radical (unpaired) electrons. The van der Waals surface area contributed by atoms with Crippen molar-refractivity contribution < 1.29 is 4.79 Å². The van der Waals surface area contributed by atoms with E-state index in [2.05, 4.69) is 20.5 Å². The molecule has 1 fully saturated rings. The molecule has 0 spiro atoms. The smallest absolute Gasteiger partial charge is 0.293 e. The van der Waals surface area contributed by atoms with Crippen molar-refractivity contribution in [2.24, 2.45) is 0 Å². The van der Waals surface area contributed by atoms with Crippen LogP contribution >= 0.6 is 0 Å². The molecule has 0 aromatic carbocycles. The van der Waals surface area contributed by atoms with Gasteiger partial charge in [-0.1, -0.05) is 20.8 Å². The number of rotatable bonds is 2. The van der Waals surface area contributed by atoms with Crippen LogP contribution in [0.2, 0.25) is 0 Å². The molecular formula is C12H21N5O. The highest BCUT2D eigenvalue weighted by atomic mass is 16.2. The third-order valence-corrected chi connectivity index (χ3v) is 3.29. The Kier molecular flexibility index (Phi) is 3.38. The molecule has 2 N–H and O–H groups in total. The van der Waals surface area contributed by atoms with Gasteiger partial charge < -0.3 is 10.2 Å². The van der Waals surface area contributed by atoms with E-state index in [9.17, 15) is 4.79 Å². The lowest BCUT2D eigenvalue weighted by Gasteiger charge is -2.22. The topological polar surface area (TPSA) is 73.9 Å². The Labute approximate surface area is 107 Å². The van der Waals surface area contributed by atoms with Crippen LogP contribution in [-0.2, 0) is 5.41 Å². The largest absolute Gasteiger partial charge is 0.335 e. The fraction of sp³-hybridized carbons (Fsp3) is 0.750. The lowest BCUT2D eigenvalue weighted by atomic mass is 9.96. The Morgan fingerprint density at radius 3 is 2.67 bits per heavy atom. The SMILES string of the molecule is CN(C(=O)c1n[nH]c(C(C)(C)C)n1)C1CCNC1. The van der Waals surface area contributed by atoms with Crippen molar-refractivity contribution in [2.75, 3.05) is 20.1 Å². The second-order valence-electron chi connectivity index (χ2n) is 5.82. The molecule has 0 bridgehead atoms. The number of likely N-dealkylation sites (N-methyl/N-ethyl adjacent to an activating group) is 1. The van der Waals surface area contributed by atoms with E-state index >= 15 is 0 Å². The molecule has 0 saturated carbocycles. The zero-order chi connectivity index (χ0) is 13.3. The molecule has 1 aromatic rings. The van der Waals surface area contributed by atoms with Crippen molar-refractivity contribution in [1.82, 2.24) is 25.4 Å². The highest BCUT2D eigenvalue weighted by molar-refractivity contribution is 5.90. The molecule has 2 heterocycles. The van der Waals surface area contributed by atoms with Crippen molar-refractivity contribution in [3.8, 4) is 0 Å². The Morgan fingerprint density at radius 1 is 1.44 bits per heavy atom. The Morgan fingerprint density at radius 2 is 2.17 bits per heavy atom. The number of hydrogen-bond acceptors (Lipinski definition) is 4. The normalized spacial score (nSPS) is 20.1. The summed E-state index contributed by atoms with van der Waals surface area (Å²) in [5.74, 6) is 0.883. The van der Waals surface area contributed by atoms with Gasteiger partial charge in [-0.2, -0.15) is 0 Å². The molecule has 1 atom stereocenters. The van der Waals surface area contributed by atoms with E-state index in [0.29, 0.717) is 0 Å². The van der Waals surface area contributed by atoms with Gasteiger partial charge in [0.1, 0.15) is 5.82 Å². The van der Waals surface area contributed by atoms with Crippen LogP contribution in [-0.4, -0.2) is 52.2 Å². The van der Waals surface area contributed by atoms with Gasteiger partial charge in [-0.3, -0.25) is 9.89 Å². The van der Waals surface area contributed by atoms with Gasteiger partial charge in [0.05, 0.1) is 0 Å². The van der Waals surface area contributed by atoms with Crippen LogP contribution in [0.5, 0.6) is 0 Å². The van der Waals surface area contributed by atoms with Gasteiger partial charge in [0.2, 0.25) is 5.82 Å². The summed E-state index contributed by atoms with van der Waals surface area (Å²) in [4.78, 5) is 18.3. The van der Waals surface area contributed by atoms with Crippen LogP contribution in [0.15, 0.2) is 0 Å². The lowest BCUT2D eigenvalue weighted by Crippen LogP contribution is -2.38. The summed E-state index contributed by atoms with van der Waals surface area (Å²) in [6.07, 6.45) is 0.985. The molecule has 2 rings (SSSR count). The second kappa shape index (κ2) is 4.68. The van der Waals surface area contributed by atoms with Gasteiger partial charge in [-0.25, -0.2) is 4.98 Å². The minimum absolute atomic E-state index is 0.115. The van der Waals surface area contributed by atoms with Crippen molar-refractivity contribution >= 4 is 5.91 Å². The van der Waals surface area contributed by atoms with Crippen LogP contribution in [0.3, 0.4) is 0 Å². The quantitative estimate of drug-likeness (QED) is 0.804. The molecule has 1 aliphatic heterocycles. The van der Waals surface area contributed by atoms with E-state index in [1.807, 2.05) is 27.8 Å². The standard InChI is InChI=1S/C12H21N5O/c1-12(2,3)11-14-9(15-16-11)10(18)17(4)8-5-6-13-7-8/h8,13H,5-7H2,1-4H3,(H,14,15,16). The summed E-state index contributed by atoms with van der Waals surface area (Å²) in [7, 11) is 1.81. The molecular weight excluding hydrogens is 230 g/mol. The monoisotopic (exact) mass is 251 g/mol. The number of hydrogen-bond donors (Lipinski definition) is 2. The van der Waals surface area contributed by atoms with E-state index in [0.717, 1.165) is 25.3 Å². The predicted octanol–water partition coefficient (Wildman–Crippen LogP) is 0.536. The molecule has 6 nitrogen and oxygen atoms in total. The third-order valence-electron chi connectivity index (χ3n) is 3.29. The van der Waals surface area contributed by atoms with Crippen LogP contribution in [0.4, 0.5) is 0 Å². The lowest BCUT2D eigenvalue weighted by molar-refractivity contribution is 0.0732. The highest BCUT2D eigenvalue weighted by Gasteiger charge is 2.28. The first-order valence-corrected chi connectivity index (χ1v) is 6.30. The number of aromatic nitrogens is 3. The van der Waals surface area contributed by atoms with E-state index in [1.165, 1.54) is 0 Å². The molecule has 6 heteroatoms. The van der Waals surface area contributed by atoms with Crippen molar-refractivity contribution in [3.63, 3.8) is 0 Å². The number of nitrogens with one attached hydrogen (secondary N) is 2. The van der Waals surface area contributed by atoms with Crippen molar-refractivity contribution in [1.29, 1.82) is 0 Å². The minimum atomic E-state index is -0.126. The van der Waals surface area contributed by atoms with Gasteiger partial charge in [0.15, 0.2) is 0 Å². The fourth-order valence-electron chi connectivity index (χ4n) is 1.99. The zero-order valence-electron chi connectivity index (χ0n) is 11.4. The first kappa shape index (κ1) is 13.0. The number of nitrogens with zero attached hydrogens (tertiary/aromatic N) is 3. The third kappa shape index (κ3) is 2.53. The van der Waals surface area contributed by atoms with Gasteiger partial charge in [0, 0.05) is 25.0 Å². The van der Waals surface area contributed by atoms with Crippen molar-refractivity contribution in [3.05, 3.63) is 11.6 Å². The summed E-state index contributed by atoms with van der Waals surface area (Å²) in [5, 5.41) is 10.1. The van der Waals surface area contributed by atoms with Crippen LogP contribution < -0.4 is 5.32 Å². The van der Waals surface area contributed by atoms with Crippen LogP contribution in [0.1, 0.15) is 43.6 Å². The van der Waals surface area contributed by atoms with Gasteiger partial charge in [0.25, 0.3) is 5.91 Å². The maximum absolute atomic E-state index is 12.2. The maximum Gasteiger partial charge on any atom is 0.293 e. The van der Waals surface area contributed by atoms with E-state index in [1.54, 1.807) is 4.90 Å². The number of aromatic amines is 1. The fourth-order valence-corrected chi connectivity index (χ4v) is 1.99. The molecule has 1 aromatic heterocycles. The Balaban J connectivity index is 2.11. The number of carbonyl (C=O) groups excluding carboxylic acids is 1. The van der Waals surface area contributed by atoms with Gasteiger partial charge in [-0.15, -0.1) is 5.10 Å². The van der Waals surface area contributed by atoms with E-state index < -0.39 is 0 Å². The zero-order valence-corrected chi connectivity index (χ0v) is 11.4. The molecule has 1 saturated heterocycles. The first-order chi connectivity index (χ1) is 8.39. The molecule has 18 heavy (non-hydrogen) atoms. The van der Waals surface area contributed by atoms with E-state index in [4.69, 9.17) is 0 Å². The summed E-state index contributed by atoms with van der Waals surface area (Å²) in [6, 6.07) is 0.245. The van der Waals surface area contributed by atoms with Crippen LogP contribution in [0.25, 0.3) is 0 Å². The first-order valence-electron chi connectivity index (χ1n) is 6.30. The molecule has 1 aliphatic rings. The van der Waals surface area contributed by atoms with Gasteiger partial charge in [-0.05, 0) is 13.0 Å². The number of carbonyl (C=O) groups is 1. The molecule has 100 valence electrons. The van der Waals surface area contributed by atoms with E-state index in [-0.39, 0.29) is 23.2 Å². The molecule has 1 amide bonds. The second-order valence-corrected chi connectivity index (χ2v) is 5.82.